The quantitative estimate of drug-likeness (QED) is 0.0176. The number of aliphatic imine (C=N–C) groups is 2. The third kappa shape index (κ3) is 23.5. The topological polar surface area (TPSA) is 450 Å². The highest BCUT2D eigenvalue weighted by Gasteiger charge is 2.35. The lowest BCUT2D eigenvalue weighted by Gasteiger charge is -2.28. The highest BCUT2D eigenvalue weighted by Crippen LogP contribution is 2.11. The molecule has 0 unspecified atom stereocenters. The van der Waals surface area contributed by atoms with Crippen molar-refractivity contribution in [3.05, 3.63) is 0 Å². The number of guanidine groups is 2. The Morgan fingerprint density at radius 2 is 1.02 bits per heavy atom. The predicted octanol–water partition coefficient (Wildman–Crippen LogP) is -5.29. The van der Waals surface area contributed by atoms with Gasteiger partial charge in [0.2, 0.25) is 35.4 Å². The number of carbonyl (C=O) groups is 8. The molecule has 0 saturated carbocycles. The number of carboxylic acids is 2. The van der Waals surface area contributed by atoms with Crippen molar-refractivity contribution >= 4 is 59.3 Å². The number of nitrogens with zero attached hydrogens (tertiary/aromatic N) is 2. The zero-order chi connectivity index (χ0) is 46.8. The summed E-state index contributed by atoms with van der Waals surface area (Å²) in [6.45, 7) is 6.22. The molecule has 0 heterocycles. The van der Waals surface area contributed by atoms with Crippen LogP contribution in [0.2, 0.25) is 0 Å². The largest absolute Gasteiger partial charge is 0.481 e. The number of nitrogens with one attached hydrogen (secondary N) is 6. The van der Waals surface area contributed by atoms with Crippen LogP contribution < -0.4 is 66.3 Å². The SMILES string of the molecule is CC(C)C[C@H](NC(=O)[C@H](CO)NC(=O)[C@H](CC(=O)O)NC(=O)[C@H](CCCCN)NC(=O)[C@@H](N)CCCN=C(N)N)C(=O)N[C@H](C(=O)N[C@@H](CCCN=C(N)N)C(=O)O)C(C)C. The van der Waals surface area contributed by atoms with Crippen LogP contribution in [0.1, 0.15) is 85.5 Å². The first kappa shape index (κ1) is 55.2. The van der Waals surface area contributed by atoms with E-state index < -0.39 is 109 Å². The number of carboxylic acid groups (broad SMARTS) is 2. The number of carbonyl (C=O) groups excluding carboxylic acids is 6. The summed E-state index contributed by atoms with van der Waals surface area (Å²) in [6, 6.07) is -9.86. The fraction of sp³-hybridized carbons (Fsp3) is 0.722. The minimum absolute atomic E-state index is 0.00747. The molecule has 0 aliphatic carbocycles. The summed E-state index contributed by atoms with van der Waals surface area (Å²) in [4.78, 5) is 111. The third-order valence-electron chi connectivity index (χ3n) is 8.86. The molecule has 348 valence electrons. The van der Waals surface area contributed by atoms with E-state index in [4.69, 9.17) is 34.4 Å². The second-order valence-corrected chi connectivity index (χ2v) is 15.1. The summed E-state index contributed by atoms with van der Waals surface area (Å²) in [5.41, 5.74) is 32.7. The van der Waals surface area contributed by atoms with Crippen molar-refractivity contribution in [3.8, 4) is 0 Å². The van der Waals surface area contributed by atoms with Crippen molar-refractivity contribution < 1.29 is 53.7 Å². The maximum absolute atomic E-state index is 13.6. The molecular weight excluding hydrogens is 804 g/mol. The molecule has 0 aromatic heterocycles. The van der Waals surface area contributed by atoms with Crippen molar-refractivity contribution in [1.29, 1.82) is 0 Å². The number of aliphatic hydroxyl groups is 1. The van der Waals surface area contributed by atoms with E-state index >= 15 is 0 Å². The monoisotopic (exact) mass is 873 g/mol. The summed E-state index contributed by atoms with van der Waals surface area (Å²) in [5, 5.41) is 43.7. The summed E-state index contributed by atoms with van der Waals surface area (Å²) in [5.74, 6) is -9.54. The van der Waals surface area contributed by atoms with E-state index in [0.29, 0.717) is 19.3 Å². The van der Waals surface area contributed by atoms with Gasteiger partial charge >= 0.3 is 11.9 Å². The zero-order valence-corrected chi connectivity index (χ0v) is 35.4. The lowest BCUT2D eigenvalue weighted by atomic mass is 9.99. The maximum atomic E-state index is 13.6. The molecule has 0 rings (SSSR count). The van der Waals surface area contributed by atoms with Gasteiger partial charge in [0.15, 0.2) is 11.9 Å². The van der Waals surface area contributed by atoms with Crippen LogP contribution in [-0.4, -0.2) is 143 Å². The second kappa shape index (κ2) is 29.4. The first-order valence-electron chi connectivity index (χ1n) is 20.0. The number of aliphatic hydroxyl groups excluding tert-OH is 1. The Hall–Kier alpha value is -5.82. The fourth-order valence-electron chi connectivity index (χ4n) is 5.60. The van der Waals surface area contributed by atoms with Gasteiger partial charge in [-0.05, 0) is 69.7 Å². The average Bonchev–Trinajstić information content (AvgIpc) is 3.16. The molecule has 0 aliphatic rings. The number of nitrogens with two attached hydrogens (primary N) is 6. The Morgan fingerprint density at radius 3 is 1.51 bits per heavy atom. The van der Waals surface area contributed by atoms with Crippen LogP contribution in [0.3, 0.4) is 0 Å². The Bertz CT molecular complexity index is 1520. The van der Waals surface area contributed by atoms with Gasteiger partial charge in [-0.1, -0.05) is 27.7 Å². The molecule has 0 fully saturated rings. The van der Waals surface area contributed by atoms with Gasteiger partial charge < -0.3 is 81.6 Å². The van der Waals surface area contributed by atoms with E-state index in [0.717, 1.165) is 0 Å². The highest BCUT2D eigenvalue weighted by molar-refractivity contribution is 5.98. The fourth-order valence-corrected chi connectivity index (χ4v) is 5.60. The third-order valence-corrected chi connectivity index (χ3v) is 8.86. The van der Waals surface area contributed by atoms with E-state index in [1.54, 1.807) is 27.7 Å². The normalized spacial score (nSPS) is 14.4. The minimum atomic E-state index is -1.81. The van der Waals surface area contributed by atoms with E-state index in [2.05, 4.69) is 41.9 Å². The molecule has 0 bridgehead atoms. The molecule has 0 spiro atoms. The molecular formula is C36H68N14O11. The van der Waals surface area contributed by atoms with Crippen molar-refractivity contribution in [2.24, 2.45) is 56.2 Å². The van der Waals surface area contributed by atoms with Crippen LogP contribution in [0.25, 0.3) is 0 Å². The lowest BCUT2D eigenvalue weighted by Crippen LogP contribution is -2.61. The molecule has 6 amide bonds. The Kier molecular flexibility index (Phi) is 26.6. The number of hydrogen-bond donors (Lipinski definition) is 15. The Morgan fingerprint density at radius 1 is 0.557 bits per heavy atom. The van der Waals surface area contributed by atoms with Crippen molar-refractivity contribution in [2.45, 2.75) is 128 Å². The molecule has 7 atom stereocenters. The molecule has 25 nitrogen and oxygen atoms in total. The average molecular weight is 873 g/mol. The number of amides is 6. The number of aliphatic carboxylic acids is 2. The molecule has 0 saturated heterocycles. The van der Waals surface area contributed by atoms with Crippen LogP contribution >= 0.6 is 0 Å². The summed E-state index contributed by atoms with van der Waals surface area (Å²) in [6.07, 6.45) is 0.579. The first-order valence-corrected chi connectivity index (χ1v) is 20.0. The number of hydrogen-bond acceptors (Lipinski definition) is 13. The summed E-state index contributed by atoms with van der Waals surface area (Å²) in [7, 11) is 0. The number of rotatable bonds is 31. The first-order chi connectivity index (χ1) is 28.5. The van der Waals surface area contributed by atoms with Crippen LogP contribution in [0.15, 0.2) is 9.98 Å². The molecule has 61 heavy (non-hydrogen) atoms. The van der Waals surface area contributed by atoms with E-state index in [1.807, 2.05) is 0 Å². The summed E-state index contributed by atoms with van der Waals surface area (Å²) >= 11 is 0. The van der Waals surface area contributed by atoms with Gasteiger partial charge in [0.05, 0.1) is 19.1 Å². The Balaban J connectivity index is 6.05. The minimum Gasteiger partial charge on any atom is -0.481 e. The zero-order valence-electron chi connectivity index (χ0n) is 35.4. The van der Waals surface area contributed by atoms with E-state index in [-0.39, 0.29) is 69.6 Å². The van der Waals surface area contributed by atoms with Gasteiger partial charge in [-0.25, -0.2) is 4.79 Å². The molecule has 25 heteroatoms. The van der Waals surface area contributed by atoms with E-state index in [9.17, 15) is 53.7 Å². The van der Waals surface area contributed by atoms with Crippen LogP contribution in [-0.2, 0) is 38.4 Å². The predicted molar refractivity (Wildman–Crippen MR) is 224 cm³/mol. The smallest absolute Gasteiger partial charge is 0.326 e. The van der Waals surface area contributed by atoms with Gasteiger partial charge in [0.25, 0.3) is 0 Å². The van der Waals surface area contributed by atoms with Gasteiger partial charge in [-0.3, -0.25) is 43.5 Å². The van der Waals surface area contributed by atoms with Crippen molar-refractivity contribution in [2.75, 3.05) is 26.2 Å². The van der Waals surface area contributed by atoms with Gasteiger partial charge in [0.1, 0.15) is 36.3 Å². The van der Waals surface area contributed by atoms with Crippen molar-refractivity contribution in [3.63, 3.8) is 0 Å². The molecule has 0 aliphatic heterocycles. The van der Waals surface area contributed by atoms with Gasteiger partial charge in [-0.2, -0.15) is 0 Å². The standard InChI is InChI=1S/C36H68N14O11/c1-18(2)15-23(31(57)50-27(19(3)4)33(59)46-22(34(60)61)11-8-14-44-36(41)42)47-32(58)25(17-51)49-30(56)24(16-26(52)53)48-29(55)21(10-5-6-12-37)45-28(54)20(38)9-7-13-43-35(39)40/h18-25,27,51H,5-17,37-38H2,1-4H3,(H,45,54)(H,46,59)(H,47,58)(H,48,55)(H,49,56)(H,50,57)(H,52,53)(H,60,61)(H4,39,40,43)(H4,41,42,44)/t20-,21-,22-,23-,24-,25-,27-/m0/s1. The molecule has 21 N–H and O–H groups in total. The summed E-state index contributed by atoms with van der Waals surface area (Å²) < 4.78 is 0. The van der Waals surface area contributed by atoms with Crippen LogP contribution in [0.5, 0.6) is 0 Å². The van der Waals surface area contributed by atoms with E-state index in [1.165, 1.54) is 0 Å². The van der Waals surface area contributed by atoms with Crippen LogP contribution in [0.4, 0.5) is 0 Å². The van der Waals surface area contributed by atoms with Gasteiger partial charge in [0, 0.05) is 13.1 Å². The Labute approximate surface area is 354 Å². The molecule has 0 aromatic carbocycles. The lowest BCUT2D eigenvalue weighted by molar-refractivity contribution is -0.143. The molecule has 0 aromatic rings. The molecule has 0 radical (unpaired) electrons. The van der Waals surface area contributed by atoms with Crippen LogP contribution in [0, 0.1) is 11.8 Å². The highest BCUT2D eigenvalue weighted by atomic mass is 16.4. The number of unbranched alkanes of at least 4 members (excludes halogenated alkanes) is 1. The maximum Gasteiger partial charge on any atom is 0.326 e. The van der Waals surface area contributed by atoms with Crippen molar-refractivity contribution in [1.82, 2.24) is 31.9 Å². The second-order valence-electron chi connectivity index (χ2n) is 15.1. The van der Waals surface area contributed by atoms with Gasteiger partial charge in [-0.15, -0.1) is 0 Å².